The number of hydrogen-bond donors (Lipinski definition) is 1. The van der Waals surface area contributed by atoms with E-state index in [0.717, 1.165) is 12.0 Å². The van der Waals surface area contributed by atoms with Crippen molar-refractivity contribution in [3.8, 4) is 11.5 Å². The quantitative estimate of drug-likeness (QED) is 0.637. The SMILES string of the molecule is COc1ccc([C@H]2CN(C(=O)c3ccc(Cl)cc3)C[C@@H]2C(=O)NCCC(C)C)c(OC)c1. The highest BCUT2D eigenvalue weighted by molar-refractivity contribution is 6.30. The lowest BCUT2D eigenvalue weighted by Gasteiger charge is -2.21. The highest BCUT2D eigenvalue weighted by Crippen LogP contribution is 2.39. The second-order valence-corrected chi connectivity index (χ2v) is 8.95. The highest BCUT2D eigenvalue weighted by atomic mass is 35.5. The van der Waals surface area contributed by atoms with Crippen LogP contribution in [0, 0.1) is 11.8 Å². The molecule has 0 aromatic heterocycles. The van der Waals surface area contributed by atoms with E-state index >= 15 is 0 Å². The third-order valence-electron chi connectivity index (χ3n) is 5.90. The normalized spacial score (nSPS) is 18.0. The van der Waals surface area contributed by atoms with Crippen LogP contribution >= 0.6 is 11.6 Å². The van der Waals surface area contributed by atoms with E-state index < -0.39 is 0 Å². The molecule has 2 aromatic carbocycles. The molecular formula is C25H31ClN2O4. The molecular weight excluding hydrogens is 428 g/mol. The van der Waals surface area contributed by atoms with Crippen molar-refractivity contribution >= 4 is 23.4 Å². The molecule has 1 fully saturated rings. The van der Waals surface area contributed by atoms with Gasteiger partial charge in [0.1, 0.15) is 11.5 Å². The Balaban J connectivity index is 1.88. The van der Waals surface area contributed by atoms with Crippen LogP contribution in [-0.4, -0.2) is 50.6 Å². The van der Waals surface area contributed by atoms with Gasteiger partial charge in [-0.2, -0.15) is 0 Å². The number of carbonyl (C=O) groups excluding carboxylic acids is 2. The van der Waals surface area contributed by atoms with Gasteiger partial charge in [0, 0.05) is 47.8 Å². The minimum absolute atomic E-state index is 0.0417. The van der Waals surface area contributed by atoms with Gasteiger partial charge in [-0.3, -0.25) is 9.59 Å². The van der Waals surface area contributed by atoms with Gasteiger partial charge in [0.15, 0.2) is 0 Å². The van der Waals surface area contributed by atoms with Crippen molar-refractivity contribution in [3.05, 3.63) is 58.6 Å². The number of nitrogens with one attached hydrogen (secondary N) is 1. The molecule has 1 aliphatic rings. The van der Waals surface area contributed by atoms with E-state index in [1.807, 2.05) is 18.2 Å². The third kappa shape index (κ3) is 5.54. The first-order chi connectivity index (χ1) is 15.3. The number of likely N-dealkylation sites (tertiary alicyclic amines) is 1. The summed E-state index contributed by atoms with van der Waals surface area (Å²) in [7, 11) is 3.20. The van der Waals surface area contributed by atoms with Crippen LogP contribution in [0.1, 0.15) is 42.1 Å². The van der Waals surface area contributed by atoms with Crippen LogP contribution in [0.15, 0.2) is 42.5 Å². The number of benzene rings is 2. The Bertz CT molecular complexity index is 945. The summed E-state index contributed by atoms with van der Waals surface area (Å²) in [6.07, 6.45) is 0.905. The van der Waals surface area contributed by atoms with Crippen LogP contribution < -0.4 is 14.8 Å². The number of amides is 2. The maximum absolute atomic E-state index is 13.2. The van der Waals surface area contributed by atoms with Crippen molar-refractivity contribution in [1.82, 2.24) is 10.2 Å². The van der Waals surface area contributed by atoms with Crippen molar-refractivity contribution in [2.75, 3.05) is 33.9 Å². The number of halogens is 1. The summed E-state index contributed by atoms with van der Waals surface area (Å²) in [5.74, 6) is 1.11. The molecule has 2 aromatic rings. The molecule has 7 heteroatoms. The number of rotatable bonds is 8. The van der Waals surface area contributed by atoms with Crippen molar-refractivity contribution in [1.29, 1.82) is 0 Å². The molecule has 6 nitrogen and oxygen atoms in total. The molecule has 0 saturated carbocycles. The fourth-order valence-corrected chi connectivity index (χ4v) is 4.19. The Morgan fingerprint density at radius 3 is 2.44 bits per heavy atom. The number of carbonyl (C=O) groups is 2. The fourth-order valence-electron chi connectivity index (χ4n) is 4.07. The number of nitrogens with zero attached hydrogens (tertiary/aromatic N) is 1. The van der Waals surface area contributed by atoms with E-state index in [4.69, 9.17) is 21.1 Å². The predicted octanol–water partition coefficient (Wildman–Crippen LogP) is 4.38. The number of methoxy groups -OCH3 is 2. The van der Waals surface area contributed by atoms with Crippen LogP contribution in [0.3, 0.4) is 0 Å². The maximum atomic E-state index is 13.2. The molecule has 0 unspecified atom stereocenters. The summed E-state index contributed by atoms with van der Waals surface area (Å²) in [4.78, 5) is 28.1. The Morgan fingerprint density at radius 1 is 1.09 bits per heavy atom. The topological polar surface area (TPSA) is 67.9 Å². The van der Waals surface area contributed by atoms with Gasteiger partial charge in [-0.15, -0.1) is 0 Å². The van der Waals surface area contributed by atoms with Gasteiger partial charge in [-0.25, -0.2) is 0 Å². The molecule has 0 radical (unpaired) electrons. The van der Waals surface area contributed by atoms with Gasteiger partial charge in [0.2, 0.25) is 5.91 Å². The summed E-state index contributed by atoms with van der Waals surface area (Å²) < 4.78 is 10.9. The summed E-state index contributed by atoms with van der Waals surface area (Å²) >= 11 is 5.97. The molecule has 0 spiro atoms. The first-order valence-corrected chi connectivity index (χ1v) is 11.3. The molecule has 1 aliphatic heterocycles. The molecule has 2 atom stereocenters. The zero-order valence-electron chi connectivity index (χ0n) is 19.1. The Labute approximate surface area is 194 Å². The van der Waals surface area contributed by atoms with Gasteiger partial charge in [0.05, 0.1) is 20.1 Å². The largest absolute Gasteiger partial charge is 0.497 e. The molecule has 172 valence electrons. The maximum Gasteiger partial charge on any atom is 0.253 e. The predicted molar refractivity (Wildman–Crippen MR) is 126 cm³/mol. The first kappa shape index (κ1) is 23.9. The van der Waals surface area contributed by atoms with E-state index in [1.165, 1.54) is 0 Å². The van der Waals surface area contributed by atoms with E-state index in [0.29, 0.717) is 47.6 Å². The highest BCUT2D eigenvalue weighted by Gasteiger charge is 2.41. The average molecular weight is 459 g/mol. The molecule has 32 heavy (non-hydrogen) atoms. The minimum atomic E-state index is -0.374. The fraction of sp³-hybridized carbons (Fsp3) is 0.440. The van der Waals surface area contributed by atoms with Crippen LogP contribution in [0.25, 0.3) is 0 Å². The lowest BCUT2D eigenvalue weighted by molar-refractivity contribution is -0.124. The molecule has 3 rings (SSSR count). The van der Waals surface area contributed by atoms with Crippen LogP contribution in [0.4, 0.5) is 0 Å². The summed E-state index contributed by atoms with van der Waals surface area (Å²) in [5, 5.41) is 3.64. The van der Waals surface area contributed by atoms with Gasteiger partial charge < -0.3 is 19.7 Å². The number of hydrogen-bond acceptors (Lipinski definition) is 4. The van der Waals surface area contributed by atoms with Crippen molar-refractivity contribution in [3.63, 3.8) is 0 Å². The van der Waals surface area contributed by atoms with E-state index in [9.17, 15) is 9.59 Å². The lowest BCUT2D eigenvalue weighted by Crippen LogP contribution is -2.36. The van der Waals surface area contributed by atoms with Crippen molar-refractivity contribution in [2.45, 2.75) is 26.2 Å². The summed E-state index contributed by atoms with van der Waals surface area (Å²) in [5.41, 5.74) is 1.44. The zero-order chi connectivity index (χ0) is 23.3. The smallest absolute Gasteiger partial charge is 0.253 e. The summed E-state index contributed by atoms with van der Waals surface area (Å²) in [6, 6.07) is 12.4. The standard InChI is InChI=1S/C25H31ClN2O4/c1-16(2)11-12-27-24(29)22-15-28(25(30)17-5-7-18(26)8-6-17)14-21(22)20-10-9-19(31-3)13-23(20)32-4/h5-10,13,16,21-22H,11-12,14-15H2,1-4H3,(H,27,29)/t21-,22+/m1/s1. The second kappa shape index (κ2) is 10.7. The lowest BCUT2D eigenvalue weighted by atomic mass is 9.87. The van der Waals surface area contributed by atoms with Gasteiger partial charge in [-0.1, -0.05) is 31.5 Å². The van der Waals surface area contributed by atoms with Gasteiger partial charge in [0.25, 0.3) is 5.91 Å². The molecule has 2 amide bonds. The molecule has 1 heterocycles. The van der Waals surface area contributed by atoms with Crippen LogP contribution in [-0.2, 0) is 4.79 Å². The van der Waals surface area contributed by atoms with Gasteiger partial charge >= 0.3 is 0 Å². The number of ether oxygens (including phenoxy) is 2. The van der Waals surface area contributed by atoms with E-state index in [-0.39, 0.29) is 23.7 Å². The Hall–Kier alpha value is -2.73. The Morgan fingerprint density at radius 2 is 1.81 bits per heavy atom. The molecule has 1 N–H and O–H groups in total. The van der Waals surface area contributed by atoms with Crippen LogP contribution in [0.2, 0.25) is 5.02 Å². The van der Waals surface area contributed by atoms with E-state index in [1.54, 1.807) is 43.4 Å². The van der Waals surface area contributed by atoms with Crippen molar-refractivity contribution in [2.24, 2.45) is 11.8 Å². The van der Waals surface area contributed by atoms with Gasteiger partial charge in [-0.05, 0) is 42.7 Å². The molecule has 0 bridgehead atoms. The molecule has 1 saturated heterocycles. The average Bonchev–Trinajstić information content (AvgIpc) is 3.23. The summed E-state index contributed by atoms with van der Waals surface area (Å²) in [6.45, 7) is 5.63. The first-order valence-electron chi connectivity index (χ1n) is 10.9. The van der Waals surface area contributed by atoms with E-state index in [2.05, 4.69) is 19.2 Å². The molecule has 0 aliphatic carbocycles. The Kier molecular flexibility index (Phi) is 8.02. The third-order valence-corrected chi connectivity index (χ3v) is 6.15. The zero-order valence-corrected chi connectivity index (χ0v) is 19.8. The van der Waals surface area contributed by atoms with Crippen molar-refractivity contribution < 1.29 is 19.1 Å². The monoisotopic (exact) mass is 458 g/mol. The minimum Gasteiger partial charge on any atom is -0.497 e. The second-order valence-electron chi connectivity index (χ2n) is 8.51. The van der Waals surface area contributed by atoms with Crippen LogP contribution in [0.5, 0.6) is 11.5 Å².